The lowest BCUT2D eigenvalue weighted by Crippen LogP contribution is -2.03. The van der Waals surface area contributed by atoms with Gasteiger partial charge < -0.3 is 5.32 Å². The number of fused-ring (bicyclic) bond motifs is 1. The lowest BCUT2D eigenvalue weighted by molar-refractivity contribution is -0.115. The van der Waals surface area contributed by atoms with Crippen LogP contribution in [0.5, 0.6) is 0 Å². The Kier molecular flexibility index (Phi) is 4.19. The van der Waals surface area contributed by atoms with Gasteiger partial charge in [-0.1, -0.05) is 56.8 Å². The number of nitrogens with one attached hydrogen (secondary N) is 1. The first-order valence-electron chi connectivity index (χ1n) is 6.17. The van der Waals surface area contributed by atoms with Crippen molar-refractivity contribution in [3.63, 3.8) is 0 Å². The first-order chi connectivity index (χ1) is 9.95. The Balaban J connectivity index is 2.06. The maximum atomic E-state index is 11.5. The van der Waals surface area contributed by atoms with Crippen LogP contribution in [0.1, 0.15) is 21.5 Å². The van der Waals surface area contributed by atoms with Crippen molar-refractivity contribution >= 4 is 62.3 Å². The van der Waals surface area contributed by atoms with Gasteiger partial charge in [-0.25, -0.2) is 0 Å². The Morgan fingerprint density at radius 3 is 2.52 bits per heavy atom. The van der Waals surface area contributed by atoms with Gasteiger partial charge in [-0.05, 0) is 41.0 Å². The monoisotopic (exact) mass is 403 g/mol. The van der Waals surface area contributed by atoms with Crippen LogP contribution in [-0.2, 0) is 11.2 Å². The van der Waals surface area contributed by atoms with E-state index in [1.165, 1.54) is 0 Å². The summed E-state index contributed by atoms with van der Waals surface area (Å²) in [6, 6.07) is 8.98. The Morgan fingerprint density at radius 1 is 1.05 bits per heavy atom. The van der Waals surface area contributed by atoms with Gasteiger partial charge in [0, 0.05) is 20.8 Å². The number of hydrogen-bond donors (Lipinski definition) is 1. The summed E-state index contributed by atoms with van der Waals surface area (Å²) in [7, 11) is 0. The molecule has 0 saturated carbocycles. The fourth-order valence-electron chi connectivity index (χ4n) is 2.34. The van der Waals surface area contributed by atoms with Gasteiger partial charge in [0.05, 0.1) is 11.2 Å². The van der Waals surface area contributed by atoms with Crippen LogP contribution in [0.15, 0.2) is 30.3 Å². The van der Waals surface area contributed by atoms with Gasteiger partial charge in [0.25, 0.3) is 0 Å². The van der Waals surface area contributed by atoms with Crippen molar-refractivity contribution in [1.82, 2.24) is 0 Å². The predicted molar refractivity (Wildman–Crippen MR) is 91.0 cm³/mol. The summed E-state index contributed by atoms with van der Waals surface area (Å²) >= 11 is 22.2. The smallest absolute Gasteiger partial charge is 0.228 e. The van der Waals surface area contributed by atoms with Gasteiger partial charge in [-0.2, -0.15) is 0 Å². The highest BCUT2D eigenvalue weighted by atomic mass is 79.9. The molecule has 1 atom stereocenters. The van der Waals surface area contributed by atoms with E-state index >= 15 is 0 Å². The number of amides is 1. The molecule has 1 aliphatic heterocycles. The number of halogens is 4. The normalized spacial score (nSPS) is 14.8. The van der Waals surface area contributed by atoms with Crippen LogP contribution in [0.3, 0.4) is 0 Å². The first-order valence-corrected chi connectivity index (χ1v) is 8.22. The average molecular weight is 406 g/mol. The lowest BCUT2D eigenvalue weighted by Gasteiger charge is -2.16. The third-order valence-electron chi connectivity index (χ3n) is 3.35. The molecule has 2 nitrogen and oxygen atoms in total. The molecule has 108 valence electrons. The zero-order chi connectivity index (χ0) is 15.1. The van der Waals surface area contributed by atoms with Crippen molar-refractivity contribution < 1.29 is 4.79 Å². The standard InChI is InChI=1S/C15H9BrCl3NO/c16-15(10-5-8(17)1-2-11(10)18)9-3-7-4-14(21)20-13(7)6-12(9)19/h1-3,5-6,15H,4H2,(H,20,21). The molecule has 0 saturated heterocycles. The van der Waals surface area contributed by atoms with Crippen LogP contribution < -0.4 is 5.32 Å². The Labute approximate surface area is 145 Å². The third-order valence-corrected chi connectivity index (χ3v) is 5.24. The van der Waals surface area contributed by atoms with Crippen LogP contribution >= 0.6 is 50.7 Å². The fraction of sp³-hybridized carbons (Fsp3) is 0.133. The summed E-state index contributed by atoms with van der Waals surface area (Å²) in [5.74, 6) is -0.0230. The molecule has 0 spiro atoms. The highest BCUT2D eigenvalue weighted by Crippen LogP contribution is 2.42. The van der Waals surface area contributed by atoms with Crippen LogP contribution in [0.2, 0.25) is 15.1 Å². The molecular weight excluding hydrogens is 396 g/mol. The zero-order valence-electron chi connectivity index (χ0n) is 10.6. The van der Waals surface area contributed by atoms with E-state index in [-0.39, 0.29) is 10.7 Å². The van der Waals surface area contributed by atoms with E-state index in [1.807, 2.05) is 6.07 Å². The minimum absolute atomic E-state index is 0.0230. The van der Waals surface area contributed by atoms with Gasteiger partial charge in [0.2, 0.25) is 5.91 Å². The summed E-state index contributed by atoms with van der Waals surface area (Å²) in [4.78, 5) is 11.3. The molecule has 21 heavy (non-hydrogen) atoms. The Bertz CT molecular complexity index is 748. The first kappa shape index (κ1) is 15.2. The van der Waals surface area contributed by atoms with Crippen LogP contribution in [0, 0.1) is 0 Å². The molecule has 1 N–H and O–H groups in total. The number of carbonyl (C=O) groups is 1. The van der Waals surface area contributed by atoms with E-state index in [9.17, 15) is 4.79 Å². The summed E-state index contributed by atoms with van der Waals surface area (Å²) in [6.45, 7) is 0. The van der Waals surface area contributed by atoms with Crippen LogP contribution in [0.25, 0.3) is 0 Å². The van der Waals surface area contributed by atoms with Gasteiger partial charge >= 0.3 is 0 Å². The van der Waals surface area contributed by atoms with Crippen molar-refractivity contribution in [2.45, 2.75) is 11.2 Å². The van der Waals surface area contributed by atoms with E-state index in [2.05, 4.69) is 21.2 Å². The number of benzene rings is 2. The second kappa shape index (κ2) is 5.81. The van der Waals surface area contributed by atoms with E-state index in [1.54, 1.807) is 24.3 Å². The van der Waals surface area contributed by atoms with Crippen molar-refractivity contribution in [2.75, 3.05) is 5.32 Å². The molecule has 2 aromatic carbocycles. The van der Waals surface area contributed by atoms with Gasteiger partial charge in [0.1, 0.15) is 0 Å². The van der Waals surface area contributed by atoms with Gasteiger partial charge in [0.15, 0.2) is 0 Å². The minimum atomic E-state index is -0.197. The summed E-state index contributed by atoms with van der Waals surface area (Å²) in [5, 5.41) is 4.55. The fourth-order valence-corrected chi connectivity index (χ4v) is 4.04. The zero-order valence-corrected chi connectivity index (χ0v) is 14.4. The van der Waals surface area contributed by atoms with Crippen molar-refractivity contribution in [1.29, 1.82) is 0 Å². The summed E-state index contributed by atoms with van der Waals surface area (Å²) in [6.07, 6.45) is 0.364. The number of hydrogen-bond acceptors (Lipinski definition) is 1. The van der Waals surface area contributed by atoms with Crippen LogP contribution in [0.4, 0.5) is 5.69 Å². The Morgan fingerprint density at radius 2 is 1.76 bits per heavy atom. The second-order valence-corrected chi connectivity index (χ2v) is 6.95. The topological polar surface area (TPSA) is 29.1 Å². The van der Waals surface area contributed by atoms with Crippen molar-refractivity contribution in [3.05, 3.63) is 62.1 Å². The lowest BCUT2D eigenvalue weighted by atomic mass is 10.0. The molecule has 0 radical (unpaired) electrons. The molecule has 1 unspecified atom stereocenters. The van der Waals surface area contributed by atoms with Crippen LogP contribution in [-0.4, -0.2) is 5.91 Å². The molecular formula is C15H9BrCl3NO. The molecule has 3 rings (SSSR count). The van der Waals surface area contributed by atoms with Crippen molar-refractivity contribution in [2.24, 2.45) is 0 Å². The highest BCUT2D eigenvalue weighted by molar-refractivity contribution is 9.09. The van der Waals surface area contributed by atoms with E-state index < -0.39 is 0 Å². The third kappa shape index (κ3) is 2.93. The molecule has 0 aliphatic carbocycles. The highest BCUT2D eigenvalue weighted by Gasteiger charge is 2.23. The maximum Gasteiger partial charge on any atom is 0.228 e. The molecule has 6 heteroatoms. The number of alkyl halides is 1. The second-order valence-electron chi connectivity index (χ2n) is 4.78. The summed E-state index contributed by atoms with van der Waals surface area (Å²) < 4.78 is 0. The molecule has 1 amide bonds. The van der Waals surface area contributed by atoms with Crippen molar-refractivity contribution in [3.8, 4) is 0 Å². The molecule has 2 aromatic rings. The molecule has 0 bridgehead atoms. The molecule has 1 heterocycles. The van der Waals surface area contributed by atoms with Gasteiger partial charge in [-0.3, -0.25) is 4.79 Å². The van der Waals surface area contributed by atoms with Gasteiger partial charge in [-0.15, -0.1) is 0 Å². The molecule has 1 aliphatic rings. The average Bonchev–Trinajstić information content (AvgIpc) is 2.79. The predicted octanol–water partition coefficient (Wildman–Crippen LogP) is 5.63. The maximum absolute atomic E-state index is 11.5. The molecule has 0 aromatic heterocycles. The van der Waals surface area contributed by atoms with E-state index in [4.69, 9.17) is 34.8 Å². The number of anilines is 1. The van der Waals surface area contributed by atoms with E-state index in [0.29, 0.717) is 21.5 Å². The number of carbonyl (C=O) groups excluding carboxylic acids is 1. The Hall–Kier alpha value is -0.740. The summed E-state index contributed by atoms with van der Waals surface area (Å²) in [5.41, 5.74) is 3.40. The minimum Gasteiger partial charge on any atom is -0.325 e. The van der Waals surface area contributed by atoms with E-state index in [0.717, 1.165) is 22.4 Å². The molecule has 0 fully saturated rings. The SMILES string of the molecule is O=C1Cc2cc(C(Br)c3cc(Cl)ccc3Cl)c(Cl)cc2N1. The largest absolute Gasteiger partial charge is 0.325 e. The quantitative estimate of drug-likeness (QED) is 0.645. The number of rotatable bonds is 2.